The van der Waals surface area contributed by atoms with Crippen LogP contribution in [0.15, 0.2) is 30.3 Å². The first kappa shape index (κ1) is 14.9. The van der Waals surface area contributed by atoms with Gasteiger partial charge in [-0.3, -0.25) is 0 Å². The first-order valence-electron chi connectivity index (χ1n) is 6.07. The van der Waals surface area contributed by atoms with E-state index in [9.17, 15) is 0 Å². The molecule has 2 rings (SSSR count). The minimum atomic E-state index is 0.0814. The van der Waals surface area contributed by atoms with Crippen molar-refractivity contribution < 1.29 is 0 Å². The molecule has 0 bridgehead atoms. The van der Waals surface area contributed by atoms with Crippen LogP contribution in [0.4, 0.5) is 0 Å². The monoisotopic (exact) mass is 356 g/mol. The summed E-state index contributed by atoms with van der Waals surface area (Å²) < 4.78 is 0. The normalized spacial score (nSPS) is 12.5. The molecule has 0 heterocycles. The molecule has 1 atom stereocenters. The fraction of sp³-hybridized carbons (Fsp3) is 0.250. The molecule has 1 unspecified atom stereocenters. The molecule has 0 aromatic heterocycles. The van der Waals surface area contributed by atoms with Gasteiger partial charge >= 0.3 is 0 Å². The summed E-state index contributed by atoms with van der Waals surface area (Å²) in [5.41, 5.74) is 6.13. The molecular formula is C16H15BrCl2. The third kappa shape index (κ3) is 3.16. The average molecular weight is 358 g/mol. The van der Waals surface area contributed by atoms with Crippen LogP contribution in [0.5, 0.6) is 0 Å². The molecule has 19 heavy (non-hydrogen) atoms. The summed E-state index contributed by atoms with van der Waals surface area (Å²) in [4.78, 5) is 0.0814. The number of halogens is 3. The maximum absolute atomic E-state index is 6.30. The maximum Gasteiger partial charge on any atom is 0.0664 e. The van der Waals surface area contributed by atoms with E-state index >= 15 is 0 Å². The molecule has 0 saturated carbocycles. The predicted molar refractivity (Wildman–Crippen MR) is 87.9 cm³/mol. The van der Waals surface area contributed by atoms with Gasteiger partial charge in [0.1, 0.15) is 0 Å². The van der Waals surface area contributed by atoms with Gasteiger partial charge in [-0.1, -0.05) is 62.9 Å². The topological polar surface area (TPSA) is 0 Å². The van der Waals surface area contributed by atoms with E-state index in [1.807, 2.05) is 12.1 Å². The van der Waals surface area contributed by atoms with E-state index in [1.165, 1.54) is 22.3 Å². The smallest absolute Gasteiger partial charge is 0.0664 e. The van der Waals surface area contributed by atoms with Gasteiger partial charge in [0, 0.05) is 10.0 Å². The molecule has 0 spiro atoms. The van der Waals surface area contributed by atoms with Crippen LogP contribution in [0.3, 0.4) is 0 Å². The zero-order valence-electron chi connectivity index (χ0n) is 11.1. The van der Waals surface area contributed by atoms with Crippen molar-refractivity contribution in [1.29, 1.82) is 0 Å². The highest BCUT2D eigenvalue weighted by molar-refractivity contribution is 9.09. The second-order valence-corrected chi connectivity index (χ2v) is 6.60. The third-order valence-corrected chi connectivity index (χ3v) is 4.74. The Morgan fingerprint density at radius 2 is 1.53 bits per heavy atom. The minimum absolute atomic E-state index is 0.0814. The van der Waals surface area contributed by atoms with Gasteiger partial charge in [0.2, 0.25) is 0 Å². The fourth-order valence-electron chi connectivity index (χ4n) is 2.45. The SMILES string of the molecule is Cc1cc(C)c(C(Br)c2ccc(Cl)cc2Cl)c(C)c1. The number of benzene rings is 2. The Morgan fingerprint density at radius 3 is 2.05 bits per heavy atom. The lowest BCUT2D eigenvalue weighted by atomic mass is 9.94. The summed E-state index contributed by atoms with van der Waals surface area (Å²) in [6.45, 7) is 6.38. The Hall–Kier alpha value is -0.500. The van der Waals surface area contributed by atoms with Crippen LogP contribution in [0.2, 0.25) is 10.0 Å². The van der Waals surface area contributed by atoms with Crippen LogP contribution in [-0.2, 0) is 0 Å². The van der Waals surface area contributed by atoms with E-state index in [1.54, 1.807) is 6.07 Å². The van der Waals surface area contributed by atoms with E-state index in [2.05, 4.69) is 48.8 Å². The molecule has 2 aromatic rings. The van der Waals surface area contributed by atoms with E-state index < -0.39 is 0 Å². The van der Waals surface area contributed by atoms with Crippen molar-refractivity contribution in [2.24, 2.45) is 0 Å². The molecular weight excluding hydrogens is 343 g/mol. The van der Waals surface area contributed by atoms with E-state index in [0.717, 1.165) is 5.56 Å². The van der Waals surface area contributed by atoms with Gasteiger partial charge < -0.3 is 0 Å². The maximum atomic E-state index is 6.30. The number of hydrogen-bond donors (Lipinski definition) is 0. The van der Waals surface area contributed by atoms with Gasteiger partial charge in [-0.2, -0.15) is 0 Å². The Kier molecular flexibility index (Phi) is 4.60. The van der Waals surface area contributed by atoms with Crippen LogP contribution in [0.1, 0.15) is 32.6 Å². The highest BCUT2D eigenvalue weighted by Crippen LogP contribution is 2.39. The van der Waals surface area contributed by atoms with Crippen LogP contribution in [0, 0.1) is 20.8 Å². The van der Waals surface area contributed by atoms with Crippen molar-refractivity contribution in [1.82, 2.24) is 0 Å². The van der Waals surface area contributed by atoms with Crippen LogP contribution in [0.25, 0.3) is 0 Å². The molecule has 100 valence electrons. The van der Waals surface area contributed by atoms with Crippen molar-refractivity contribution in [2.75, 3.05) is 0 Å². The van der Waals surface area contributed by atoms with Crippen molar-refractivity contribution in [3.05, 3.63) is 68.2 Å². The molecule has 0 amide bonds. The van der Waals surface area contributed by atoms with Crippen molar-refractivity contribution in [3.63, 3.8) is 0 Å². The molecule has 0 aliphatic heterocycles. The molecule has 0 fully saturated rings. The molecule has 2 aromatic carbocycles. The van der Waals surface area contributed by atoms with Gasteiger partial charge in [-0.05, 0) is 55.2 Å². The minimum Gasteiger partial charge on any atom is -0.0843 e. The van der Waals surface area contributed by atoms with Crippen LogP contribution < -0.4 is 0 Å². The van der Waals surface area contributed by atoms with Gasteiger partial charge in [0.15, 0.2) is 0 Å². The van der Waals surface area contributed by atoms with Gasteiger partial charge in [0.05, 0.1) is 4.83 Å². The zero-order valence-corrected chi connectivity index (χ0v) is 14.2. The summed E-state index contributed by atoms with van der Waals surface area (Å²) in [6.07, 6.45) is 0. The highest BCUT2D eigenvalue weighted by Gasteiger charge is 2.18. The van der Waals surface area contributed by atoms with Crippen molar-refractivity contribution in [3.8, 4) is 0 Å². The second kappa shape index (κ2) is 5.87. The first-order chi connectivity index (χ1) is 8.90. The molecule has 0 radical (unpaired) electrons. The summed E-state index contributed by atoms with van der Waals surface area (Å²) in [6, 6.07) is 10.0. The fourth-order valence-corrected chi connectivity index (χ4v) is 4.22. The summed E-state index contributed by atoms with van der Waals surface area (Å²) in [5, 5.41) is 1.35. The second-order valence-electron chi connectivity index (χ2n) is 4.84. The lowest BCUT2D eigenvalue weighted by Crippen LogP contribution is -2.00. The number of alkyl halides is 1. The summed E-state index contributed by atoms with van der Waals surface area (Å²) in [5.74, 6) is 0. The van der Waals surface area contributed by atoms with Crippen LogP contribution >= 0.6 is 39.1 Å². The Bertz CT molecular complexity index is 597. The average Bonchev–Trinajstić information content (AvgIpc) is 2.26. The highest BCUT2D eigenvalue weighted by atomic mass is 79.9. The van der Waals surface area contributed by atoms with Crippen LogP contribution in [-0.4, -0.2) is 0 Å². The molecule has 0 nitrogen and oxygen atoms in total. The largest absolute Gasteiger partial charge is 0.0843 e. The van der Waals surface area contributed by atoms with Crippen molar-refractivity contribution in [2.45, 2.75) is 25.6 Å². The standard InChI is InChI=1S/C16H15BrCl2/c1-9-6-10(2)15(11(3)7-9)16(17)13-5-4-12(18)8-14(13)19/h4-8,16H,1-3H3. The Balaban J connectivity index is 2.53. The Morgan fingerprint density at radius 1 is 0.947 bits per heavy atom. The van der Waals surface area contributed by atoms with Gasteiger partial charge in [0.25, 0.3) is 0 Å². The van der Waals surface area contributed by atoms with Gasteiger partial charge in [-0.15, -0.1) is 0 Å². The summed E-state index contributed by atoms with van der Waals surface area (Å²) in [7, 11) is 0. The zero-order chi connectivity index (χ0) is 14.2. The number of aryl methyl sites for hydroxylation is 3. The molecule has 0 aliphatic rings. The van der Waals surface area contributed by atoms with E-state index in [0.29, 0.717) is 10.0 Å². The molecule has 0 saturated heterocycles. The third-order valence-electron chi connectivity index (χ3n) is 3.23. The van der Waals surface area contributed by atoms with Crippen molar-refractivity contribution >= 4 is 39.1 Å². The first-order valence-corrected chi connectivity index (χ1v) is 7.74. The van der Waals surface area contributed by atoms with E-state index in [4.69, 9.17) is 23.2 Å². The lowest BCUT2D eigenvalue weighted by molar-refractivity contribution is 1.10. The quantitative estimate of drug-likeness (QED) is 0.545. The summed E-state index contributed by atoms with van der Waals surface area (Å²) >= 11 is 16.0. The Labute approximate surface area is 132 Å². The molecule has 0 aliphatic carbocycles. The van der Waals surface area contributed by atoms with Gasteiger partial charge in [-0.25, -0.2) is 0 Å². The lowest BCUT2D eigenvalue weighted by Gasteiger charge is -2.18. The molecule has 3 heteroatoms. The number of hydrogen-bond acceptors (Lipinski definition) is 0. The predicted octanol–water partition coefficient (Wildman–Crippen LogP) is 6.40. The molecule has 0 N–H and O–H groups in total. The van der Waals surface area contributed by atoms with E-state index in [-0.39, 0.29) is 4.83 Å². The number of rotatable bonds is 2.